The van der Waals surface area contributed by atoms with Crippen LogP contribution in [0.25, 0.3) is 0 Å². The Bertz CT molecular complexity index is 587. The lowest BCUT2D eigenvalue weighted by atomic mass is 10.0. The Morgan fingerprint density at radius 2 is 2.33 bits per heavy atom. The summed E-state index contributed by atoms with van der Waals surface area (Å²) in [6.45, 7) is 0.468. The highest BCUT2D eigenvalue weighted by Gasteiger charge is 2.41. The fourth-order valence-electron chi connectivity index (χ4n) is 2.73. The molecule has 5 heteroatoms. The topological polar surface area (TPSA) is 71.5 Å². The molecule has 1 aliphatic heterocycles. The third-order valence-electron chi connectivity index (χ3n) is 3.91. The van der Waals surface area contributed by atoms with E-state index >= 15 is 0 Å². The maximum Gasteiger partial charge on any atom is 0.252 e. The molecule has 2 unspecified atom stereocenters. The van der Waals surface area contributed by atoms with Crippen molar-refractivity contribution in [1.82, 2.24) is 10.3 Å². The summed E-state index contributed by atoms with van der Waals surface area (Å²) in [6.07, 6.45) is 6.51. The molecule has 1 saturated heterocycles. The Morgan fingerprint density at radius 3 is 3.10 bits per heavy atom. The summed E-state index contributed by atoms with van der Waals surface area (Å²) in [5.41, 5.74) is 1.03. The van der Waals surface area contributed by atoms with Crippen molar-refractivity contribution in [3.05, 3.63) is 29.6 Å². The molecular formula is C16H18N2O3. The number of carbonyl (C=O) groups excluding carboxylic acids is 1. The minimum atomic E-state index is -0.240. The molecule has 0 radical (unpaired) electrons. The summed E-state index contributed by atoms with van der Waals surface area (Å²) in [5, 5.41) is 11.8. The lowest BCUT2D eigenvalue weighted by molar-refractivity contribution is 0.0729. The number of rotatable bonds is 3. The average Bonchev–Trinajstić information content (AvgIpc) is 3.25. The van der Waals surface area contributed by atoms with Gasteiger partial charge in [-0.3, -0.25) is 9.78 Å². The number of pyridine rings is 1. The van der Waals surface area contributed by atoms with E-state index in [1.54, 1.807) is 18.5 Å². The first-order chi connectivity index (χ1) is 10.3. The van der Waals surface area contributed by atoms with Crippen LogP contribution in [0, 0.1) is 17.8 Å². The molecule has 1 aromatic rings. The van der Waals surface area contributed by atoms with Crippen molar-refractivity contribution in [2.75, 3.05) is 13.2 Å². The second-order valence-electron chi connectivity index (χ2n) is 5.42. The number of nitrogens with one attached hydrogen (secondary N) is 1. The van der Waals surface area contributed by atoms with E-state index in [9.17, 15) is 4.79 Å². The van der Waals surface area contributed by atoms with Crippen LogP contribution >= 0.6 is 0 Å². The van der Waals surface area contributed by atoms with Crippen molar-refractivity contribution in [1.29, 1.82) is 0 Å². The minimum Gasteiger partial charge on any atom is -0.384 e. The summed E-state index contributed by atoms with van der Waals surface area (Å²) in [5.74, 6) is 5.76. The molecule has 21 heavy (non-hydrogen) atoms. The van der Waals surface area contributed by atoms with Crippen molar-refractivity contribution >= 4 is 5.91 Å². The fraction of sp³-hybridized carbons (Fsp3) is 0.500. The molecule has 2 aliphatic rings. The number of ether oxygens (including phenoxy) is 1. The average molecular weight is 286 g/mol. The second kappa shape index (κ2) is 6.25. The predicted molar refractivity (Wildman–Crippen MR) is 76.5 cm³/mol. The van der Waals surface area contributed by atoms with Crippen LogP contribution < -0.4 is 5.32 Å². The minimum absolute atomic E-state index is 0.0804. The number of hydrogen-bond acceptors (Lipinski definition) is 4. The summed E-state index contributed by atoms with van der Waals surface area (Å²) >= 11 is 0. The highest BCUT2D eigenvalue weighted by molar-refractivity contribution is 5.96. The van der Waals surface area contributed by atoms with Crippen LogP contribution in [0.15, 0.2) is 18.5 Å². The molecule has 0 spiro atoms. The standard InChI is InChI=1S/C16H18N2O3/c19-8-1-2-12-10-17-7-5-13(12)16(20)18-14-6-9-21-15(14)11-3-4-11/h5,7,10-11,14-15,19H,3-4,6,8-9H2,(H,18,20). The largest absolute Gasteiger partial charge is 0.384 e. The number of aliphatic hydroxyl groups is 1. The maximum absolute atomic E-state index is 12.4. The van der Waals surface area contributed by atoms with Crippen LogP contribution in [0.3, 0.4) is 0 Å². The zero-order chi connectivity index (χ0) is 14.7. The molecule has 1 saturated carbocycles. The van der Waals surface area contributed by atoms with Crippen LogP contribution in [0.4, 0.5) is 0 Å². The van der Waals surface area contributed by atoms with Gasteiger partial charge in [-0.2, -0.15) is 0 Å². The van der Waals surface area contributed by atoms with Crippen molar-refractivity contribution in [2.45, 2.75) is 31.4 Å². The Labute approximate surface area is 123 Å². The third-order valence-corrected chi connectivity index (χ3v) is 3.91. The molecule has 0 aromatic carbocycles. The lowest BCUT2D eigenvalue weighted by Crippen LogP contribution is -2.41. The van der Waals surface area contributed by atoms with Gasteiger partial charge in [-0.15, -0.1) is 0 Å². The van der Waals surface area contributed by atoms with Crippen LogP contribution in [0.2, 0.25) is 0 Å². The number of aliphatic hydroxyl groups excluding tert-OH is 1. The molecule has 0 bridgehead atoms. The summed E-state index contributed by atoms with van der Waals surface area (Å²) in [6, 6.07) is 1.73. The van der Waals surface area contributed by atoms with Gasteiger partial charge in [0.25, 0.3) is 5.91 Å². The van der Waals surface area contributed by atoms with Gasteiger partial charge >= 0.3 is 0 Å². The molecule has 3 rings (SSSR count). The van der Waals surface area contributed by atoms with Gasteiger partial charge in [0.1, 0.15) is 6.61 Å². The Morgan fingerprint density at radius 1 is 1.48 bits per heavy atom. The molecule has 1 aliphatic carbocycles. The van der Waals surface area contributed by atoms with Crippen LogP contribution in [-0.2, 0) is 4.74 Å². The molecule has 110 valence electrons. The van der Waals surface area contributed by atoms with Crippen molar-refractivity contribution in [3.8, 4) is 11.8 Å². The molecule has 5 nitrogen and oxygen atoms in total. The van der Waals surface area contributed by atoms with Gasteiger partial charge in [0.2, 0.25) is 0 Å². The van der Waals surface area contributed by atoms with Gasteiger partial charge in [0.15, 0.2) is 0 Å². The van der Waals surface area contributed by atoms with Gasteiger partial charge in [-0.05, 0) is 31.2 Å². The quantitative estimate of drug-likeness (QED) is 0.803. The first kappa shape index (κ1) is 14.1. The van der Waals surface area contributed by atoms with Crippen LogP contribution in [-0.4, -0.2) is 41.4 Å². The van der Waals surface area contributed by atoms with Crippen molar-refractivity contribution in [3.63, 3.8) is 0 Å². The van der Waals surface area contributed by atoms with E-state index in [1.165, 1.54) is 12.8 Å². The SMILES string of the molecule is O=C(NC1CCOC1C1CC1)c1ccncc1C#CCO. The molecule has 2 fully saturated rings. The Hall–Kier alpha value is -1.90. The first-order valence-corrected chi connectivity index (χ1v) is 7.26. The van der Waals surface area contributed by atoms with E-state index in [-0.39, 0.29) is 24.7 Å². The maximum atomic E-state index is 12.4. The van der Waals surface area contributed by atoms with Gasteiger partial charge < -0.3 is 15.2 Å². The smallest absolute Gasteiger partial charge is 0.252 e. The Kier molecular flexibility index (Phi) is 4.18. The van der Waals surface area contributed by atoms with Gasteiger partial charge in [-0.1, -0.05) is 11.8 Å². The van der Waals surface area contributed by atoms with Gasteiger partial charge in [-0.25, -0.2) is 0 Å². The fourth-order valence-corrected chi connectivity index (χ4v) is 2.73. The van der Waals surface area contributed by atoms with E-state index in [2.05, 4.69) is 22.1 Å². The monoisotopic (exact) mass is 286 g/mol. The van der Waals surface area contributed by atoms with E-state index in [0.717, 1.165) is 6.42 Å². The number of carbonyl (C=O) groups is 1. The third kappa shape index (κ3) is 3.23. The first-order valence-electron chi connectivity index (χ1n) is 7.26. The molecule has 2 heterocycles. The number of amides is 1. The molecule has 2 atom stereocenters. The van der Waals surface area contributed by atoms with Crippen LogP contribution in [0.1, 0.15) is 35.2 Å². The lowest BCUT2D eigenvalue weighted by Gasteiger charge is -2.19. The molecule has 1 aromatic heterocycles. The van der Waals surface area contributed by atoms with Crippen molar-refractivity contribution in [2.24, 2.45) is 5.92 Å². The van der Waals surface area contributed by atoms with E-state index in [0.29, 0.717) is 23.7 Å². The van der Waals surface area contributed by atoms with E-state index in [1.807, 2.05) is 0 Å². The van der Waals surface area contributed by atoms with Gasteiger partial charge in [0.05, 0.1) is 23.3 Å². The zero-order valence-corrected chi connectivity index (χ0v) is 11.7. The summed E-state index contributed by atoms with van der Waals surface area (Å²) in [4.78, 5) is 16.4. The Balaban J connectivity index is 1.73. The molecule has 2 N–H and O–H groups in total. The summed E-state index contributed by atoms with van der Waals surface area (Å²) < 4.78 is 5.73. The summed E-state index contributed by atoms with van der Waals surface area (Å²) in [7, 11) is 0. The molecule has 1 amide bonds. The highest BCUT2D eigenvalue weighted by atomic mass is 16.5. The zero-order valence-electron chi connectivity index (χ0n) is 11.7. The second-order valence-corrected chi connectivity index (χ2v) is 5.42. The predicted octanol–water partition coefficient (Wildman–Crippen LogP) is 0.723. The number of hydrogen-bond donors (Lipinski definition) is 2. The number of aromatic nitrogens is 1. The van der Waals surface area contributed by atoms with Crippen molar-refractivity contribution < 1.29 is 14.6 Å². The van der Waals surface area contributed by atoms with Crippen LogP contribution in [0.5, 0.6) is 0 Å². The van der Waals surface area contributed by atoms with E-state index < -0.39 is 0 Å². The van der Waals surface area contributed by atoms with Gasteiger partial charge in [0, 0.05) is 19.0 Å². The van der Waals surface area contributed by atoms with E-state index in [4.69, 9.17) is 9.84 Å². The highest BCUT2D eigenvalue weighted by Crippen LogP contribution is 2.38. The number of nitrogens with zero attached hydrogens (tertiary/aromatic N) is 1. The normalized spacial score (nSPS) is 24.2. The molecular weight excluding hydrogens is 268 g/mol.